The highest BCUT2D eigenvalue weighted by molar-refractivity contribution is 5.76. The number of allylic oxidation sites excluding steroid dienone is 2. The molecule has 0 fully saturated rings. The Morgan fingerprint density at radius 3 is 2.75 bits per heavy atom. The molecular weight excluding hydrogens is 304 g/mol. The number of nitrogens with zero attached hydrogens (tertiary/aromatic N) is 1. The normalized spacial score (nSPS) is 11.9. The summed E-state index contributed by atoms with van der Waals surface area (Å²) in [6, 6.07) is 3.69. The van der Waals surface area contributed by atoms with E-state index < -0.39 is 5.63 Å². The molecule has 0 saturated carbocycles. The average molecular weight is 328 g/mol. The smallest absolute Gasteiger partial charge is 0.344 e. The minimum atomic E-state index is -0.506. The fraction of sp³-hybridized carbons (Fsp3) is 0.421. The highest BCUT2D eigenvalue weighted by Gasteiger charge is 2.16. The number of hydrogen-bond acceptors (Lipinski definition) is 4. The molecule has 0 aromatic carbocycles. The van der Waals surface area contributed by atoms with E-state index >= 15 is 0 Å². The second-order valence-corrected chi connectivity index (χ2v) is 5.60. The number of rotatable bonds is 8. The minimum Gasteiger partial charge on any atom is -0.427 e. The molecule has 24 heavy (non-hydrogen) atoms. The van der Waals surface area contributed by atoms with Gasteiger partial charge in [0.25, 0.3) is 0 Å². The van der Waals surface area contributed by atoms with Crippen LogP contribution in [0, 0.1) is 11.3 Å². The number of hydrogen-bond donors (Lipinski definition) is 1. The van der Waals surface area contributed by atoms with Gasteiger partial charge in [0, 0.05) is 12.3 Å². The summed E-state index contributed by atoms with van der Waals surface area (Å²) in [7, 11) is 0. The van der Waals surface area contributed by atoms with Crippen LogP contribution >= 0.6 is 0 Å². The molecule has 1 amide bonds. The second-order valence-electron chi connectivity index (χ2n) is 5.60. The number of nitrogens with one attached hydrogen (secondary N) is 1. The van der Waals surface area contributed by atoms with Crippen molar-refractivity contribution in [3.05, 3.63) is 52.2 Å². The molecule has 1 heterocycles. The zero-order chi connectivity index (χ0) is 18.1. The number of carbonyl (C=O) groups excluding carboxylic acids is 1. The summed E-state index contributed by atoms with van der Waals surface area (Å²) in [6.45, 7) is 9.43. The molecule has 1 aromatic rings. The predicted molar refractivity (Wildman–Crippen MR) is 94.2 cm³/mol. The van der Waals surface area contributed by atoms with Crippen LogP contribution in [0.2, 0.25) is 0 Å². The highest BCUT2D eigenvalue weighted by atomic mass is 16.4. The maximum absolute atomic E-state index is 12.2. The van der Waals surface area contributed by atoms with Crippen molar-refractivity contribution >= 4 is 11.5 Å². The molecule has 128 valence electrons. The van der Waals surface area contributed by atoms with Crippen LogP contribution in [0.5, 0.6) is 0 Å². The predicted octanol–water partition coefficient (Wildman–Crippen LogP) is 3.86. The van der Waals surface area contributed by atoms with E-state index in [1.54, 1.807) is 19.2 Å². The van der Waals surface area contributed by atoms with Gasteiger partial charge in [-0.15, -0.1) is 0 Å². The highest BCUT2D eigenvalue weighted by Crippen LogP contribution is 2.24. The van der Waals surface area contributed by atoms with E-state index in [1.165, 1.54) is 0 Å². The van der Waals surface area contributed by atoms with Gasteiger partial charge >= 0.3 is 5.63 Å². The van der Waals surface area contributed by atoms with Crippen molar-refractivity contribution in [1.82, 2.24) is 5.32 Å². The van der Waals surface area contributed by atoms with Gasteiger partial charge in [-0.25, -0.2) is 4.79 Å². The molecule has 5 nitrogen and oxygen atoms in total. The summed E-state index contributed by atoms with van der Waals surface area (Å²) in [6.07, 6.45) is 5.98. The first-order chi connectivity index (χ1) is 11.4. The number of nitriles is 1. The lowest BCUT2D eigenvalue weighted by atomic mass is 9.97. The topological polar surface area (TPSA) is 83.1 Å². The fourth-order valence-electron chi connectivity index (χ4n) is 2.18. The van der Waals surface area contributed by atoms with Crippen LogP contribution in [0.3, 0.4) is 0 Å². The lowest BCUT2D eigenvalue weighted by molar-refractivity contribution is -0.119. The van der Waals surface area contributed by atoms with E-state index in [0.717, 1.165) is 12.8 Å². The van der Waals surface area contributed by atoms with Gasteiger partial charge < -0.3 is 9.73 Å². The number of amides is 1. The summed E-state index contributed by atoms with van der Waals surface area (Å²) < 4.78 is 5.39. The molecule has 5 heteroatoms. The second kappa shape index (κ2) is 9.51. The Morgan fingerprint density at radius 1 is 1.46 bits per heavy atom. The molecule has 1 aromatic heterocycles. The molecule has 1 N–H and O–H groups in total. The standard InChI is InChI=1S/C19H24N2O3/c1-5-13(3)18-15(12-20)11-16(24-19(18)23)14(4)9-7-8-10-21-17(22)6-2/h8,10-11,14H,3,5-7,9H2,1-2,4H3,(H,21,22)/b10-8+. The van der Waals surface area contributed by atoms with Crippen LogP contribution in [0.25, 0.3) is 5.57 Å². The van der Waals surface area contributed by atoms with Crippen LogP contribution in [0.4, 0.5) is 0 Å². The summed E-state index contributed by atoms with van der Waals surface area (Å²) in [5.74, 6) is 0.450. The van der Waals surface area contributed by atoms with Crippen molar-refractivity contribution in [3.63, 3.8) is 0 Å². The van der Waals surface area contributed by atoms with Gasteiger partial charge in [0.15, 0.2) is 0 Å². The molecule has 0 aliphatic carbocycles. The zero-order valence-corrected chi connectivity index (χ0v) is 14.5. The lowest BCUT2D eigenvalue weighted by Gasteiger charge is -2.11. The van der Waals surface area contributed by atoms with Crippen molar-refractivity contribution in [1.29, 1.82) is 5.26 Å². The largest absolute Gasteiger partial charge is 0.427 e. The quantitative estimate of drug-likeness (QED) is 0.785. The third-order valence-corrected chi connectivity index (χ3v) is 3.81. The van der Waals surface area contributed by atoms with Crippen molar-refractivity contribution in [2.45, 2.75) is 52.4 Å². The van der Waals surface area contributed by atoms with E-state index in [0.29, 0.717) is 29.7 Å². The third-order valence-electron chi connectivity index (χ3n) is 3.81. The van der Waals surface area contributed by atoms with Gasteiger partial charge in [0.05, 0.1) is 11.1 Å². The van der Waals surface area contributed by atoms with Crippen LogP contribution in [0.1, 0.15) is 69.3 Å². The summed E-state index contributed by atoms with van der Waals surface area (Å²) in [5.41, 5.74) is 0.687. The van der Waals surface area contributed by atoms with Crippen LogP contribution in [-0.4, -0.2) is 5.91 Å². The van der Waals surface area contributed by atoms with Gasteiger partial charge in [-0.2, -0.15) is 5.26 Å². The Bertz CT molecular complexity index is 723. The van der Waals surface area contributed by atoms with E-state index in [2.05, 4.69) is 18.0 Å². The van der Waals surface area contributed by atoms with E-state index in [-0.39, 0.29) is 17.4 Å². The Kier molecular flexibility index (Phi) is 7.70. The van der Waals surface area contributed by atoms with Crippen molar-refractivity contribution in [2.75, 3.05) is 0 Å². The van der Waals surface area contributed by atoms with Crippen molar-refractivity contribution in [2.24, 2.45) is 0 Å². The molecule has 0 aliphatic heterocycles. The Labute approximate surface area is 142 Å². The Hall–Kier alpha value is -2.61. The molecule has 0 bridgehead atoms. The molecular formula is C19H24N2O3. The lowest BCUT2D eigenvalue weighted by Crippen LogP contribution is -2.14. The first-order valence-electron chi connectivity index (χ1n) is 8.15. The molecule has 1 unspecified atom stereocenters. The first kappa shape index (κ1) is 19.4. The van der Waals surface area contributed by atoms with Crippen molar-refractivity contribution in [3.8, 4) is 6.07 Å². The molecule has 0 radical (unpaired) electrons. The maximum atomic E-state index is 12.2. The van der Waals surface area contributed by atoms with E-state index in [9.17, 15) is 14.9 Å². The Morgan fingerprint density at radius 2 is 2.17 bits per heavy atom. The fourth-order valence-corrected chi connectivity index (χ4v) is 2.18. The van der Waals surface area contributed by atoms with Gasteiger partial charge in [0.1, 0.15) is 11.8 Å². The van der Waals surface area contributed by atoms with Gasteiger partial charge in [0.2, 0.25) is 5.91 Å². The summed E-state index contributed by atoms with van der Waals surface area (Å²) >= 11 is 0. The first-order valence-corrected chi connectivity index (χ1v) is 8.15. The molecule has 0 spiro atoms. The average Bonchev–Trinajstić information content (AvgIpc) is 2.59. The zero-order valence-electron chi connectivity index (χ0n) is 14.5. The maximum Gasteiger partial charge on any atom is 0.344 e. The van der Waals surface area contributed by atoms with E-state index in [1.807, 2.05) is 19.9 Å². The number of carbonyl (C=O) groups is 1. The van der Waals surface area contributed by atoms with Crippen LogP contribution in [-0.2, 0) is 4.79 Å². The monoisotopic (exact) mass is 328 g/mol. The van der Waals surface area contributed by atoms with Crippen LogP contribution in [0.15, 0.2) is 34.1 Å². The van der Waals surface area contributed by atoms with Crippen molar-refractivity contribution < 1.29 is 9.21 Å². The third kappa shape index (κ3) is 5.24. The van der Waals surface area contributed by atoms with Crippen LogP contribution < -0.4 is 10.9 Å². The summed E-state index contributed by atoms with van der Waals surface area (Å²) in [5, 5.41) is 11.9. The van der Waals surface area contributed by atoms with Gasteiger partial charge in [-0.05, 0) is 37.1 Å². The molecule has 1 atom stereocenters. The van der Waals surface area contributed by atoms with Gasteiger partial charge in [-0.1, -0.05) is 33.4 Å². The SMILES string of the molecule is C=C(CC)c1c(C#N)cc(C(C)CC/C=C/NC(=O)CC)oc1=O. The van der Waals surface area contributed by atoms with E-state index in [4.69, 9.17) is 4.42 Å². The minimum absolute atomic E-state index is 0.0136. The van der Waals surface area contributed by atoms with Gasteiger partial charge in [-0.3, -0.25) is 4.79 Å². The molecule has 0 aliphatic rings. The molecule has 1 rings (SSSR count). The molecule has 0 saturated heterocycles. The summed E-state index contributed by atoms with van der Waals surface area (Å²) in [4.78, 5) is 23.3. The Balaban J connectivity index is 2.82.